The molecule has 1 heteroatoms. The van der Waals surface area contributed by atoms with Gasteiger partial charge < -0.3 is 0 Å². The molecule has 0 aliphatic heterocycles. The highest BCUT2D eigenvalue weighted by atomic mass is 14.7. The summed E-state index contributed by atoms with van der Waals surface area (Å²) in [7, 11) is 0. The molecule has 0 spiro atoms. The number of hydrogen-bond donors (Lipinski definition) is 0. The van der Waals surface area contributed by atoms with Crippen molar-refractivity contribution >= 4 is 10.9 Å². The van der Waals surface area contributed by atoms with Gasteiger partial charge in [0.1, 0.15) is 0 Å². The van der Waals surface area contributed by atoms with E-state index < -0.39 is 0 Å². The Bertz CT molecular complexity index is 917. The van der Waals surface area contributed by atoms with Gasteiger partial charge in [-0.25, -0.2) is 4.98 Å². The molecule has 1 aliphatic rings. The lowest BCUT2D eigenvalue weighted by Gasteiger charge is -2.15. The molecule has 0 radical (unpaired) electrons. The molecule has 0 bridgehead atoms. The molecule has 1 aromatic heterocycles. The van der Waals surface area contributed by atoms with Crippen molar-refractivity contribution in [2.75, 3.05) is 0 Å². The highest BCUT2D eigenvalue weighted by Crippen LogP contribution is 2.36. The van der Waals surface area contributed by atoms with E-state index in [2.05, 4.69) is 69.3 Å². The summed E-state index contributed by atoms with van der Waals surface area (Å²) in [4.78, 5) is 5.02. The van der Waals surface area contributed by atoms with Crippen LogP contribution in [0.1, 0.15) is 62.1 Å². The van der Waals surface area contributed by atoms with Crippen LogP contribution in [0.15, 0.2) is 48.5 Å². The van der Waals surface area contributed by atoms with Crippen LogP contribution >= 0.6 is 0 Å². The lowest BCUT2D eigenvalue weighted by Crippen LogP contribution is -1.99. The monoisotopic (exact) mass is 343 g/mol. The van der Waals surface area contributed by atoms with E-state index in [-0.39, 0.29) is 0 Å². The molecule has 134 valence electrons. The molecule has 4 rings (SSSR count). The fourth-order valence-corrected chi connectivity index (χ4v) is 4.46. The Labute approximate surface area is 157 Å². The maximum Gasteiger partial charge on any atom is 0.0712 e. The van der Waals surface area contributed by atoms with Gasteiger partial charge in [0, 0.05) is 10.9 Å². The van der Waals surface area contributed by atoms with Gasteiger partial charge in [-0.05, 0) is 73.4 Å². The smallest absolute Gasteiger partial charge is 0.0712 e. The van der Waals surface area contributed by atoms with Crippen LogP contribution in [-0.4, -0.2) is 4.98 Å². The van der Waals surface area contributed by atoms with Gasteiger partial charge in [0.2, 0.25) is 0 Å². The van der Waals surface area contributed by atoms with Gasteiger partial charge in [-0.3, -0.25) is 0 Å². The number of fused-ring (bicyclic) bond motifs is 1. The molecule has 0 saturated heterocycles. The molecule has 0 unspecified atom stereocenters. The third-order valence-corrected chi connectivity index (χ3v) is 5.65. The summed E-state index contributed by atoms with van der Waals surface area (Å²) in [6.07, 6.45) is 6.53. The average Bonchev–Trinajstić information content (AvgIpc) is 3.15. The molecule has 1 fully saturated rings. The van der Waals surface area contributed by atoms with Crippen LogP contribution in [0.5, 0.6) is 0 Å². The third-order valence-electron chi connectivity index (χ3n) is 5.65. The highest BCUT2D eigenvalue weighted by Gasteiger charge is 2.18. The second kappa shape index (κ2) is 7.23. The highest BCUT2D eigenvalue weighted by molar-refractivity contribution is 5.85. The first-order chi connectivity index (χ1) is 12.6. The van der Waals surface area contributed by atoms with Gasteiger partial charge in [-0.2, -0.15) is 0 Å². The quantitative estimate of drug-likeness (QED) is 0.494. The number of pyridine rings is 1. The predicted molar refractivity (Wildman–Crippen MR) is 112 cm³/mol. The normalized spacial score (nSPS) is 15.2. The van der Waals surface area contributed by atoms with E-state index in [1.54, 1.807) is 0 Å². The molecule has 0 atom stereocenters. The van der Waals surface area contributed by atoms with E-state index in [1.807, 2.05) is 0 Å². The van der Waals surface area contributed by atoms with Gasteiger partial charge in [0.25, 0.3) is 0 Å². The summed E-state index contributed by atoms with van der Waals surface area (Å²) in [5.41, 5.74) is 7.81. The molecule has 2 aromatic carbocycles. The first kappa shape index (κ1) is 17.3. The maximum absolute atomic E-state index is 5.02. The number of para-hydroxylation sites is 1. The van der Waals surface area contributed by atoms with Crippen molar-refractivity contribution in [1.29, 1.82) is 0 Å². The van der Waals surface area contributed by atoms with Crippen molar-refractivity contribution in [2.45, 2.75) is 58.8 Å². The fraction of sp³-hybridized carbons (Fsp3) is 0.400. The Hall–Kier alpha value is -2.15. The standard InChI is InChI=1S/C25H29N/c1-17(2)12-21-16-25(26-24-11-7-6-10-23(21)24)22-14-18(3)13-20(15-22)19-8-4-5-9-19/h6-7,10-11,13-17,19H,4-5,8-9,12H2,1-3H3. The van der Waals surface area contributed by atoms with Crippen molar-refractivity contribution in [3.63, 3.8) is 0 Å². The zero-order valence-corrected chi connectivity index (χ0v) is 16.3. The van der Waals surface area contributed by atoms with Crippen LogP contribution in [0.4, 0.5) is 0 Å². The second-order valence-corrected chi connectivity index (χ2v) is 8.40. The Kier molecular flexibility index (Phi) is 4.80. The summed E-state index contributed by atoms with van der Waals surface area (Å²) in [6.45, 7) is 6.80. The number of aryl methyl sites for hydroxylation is 1. The van der Waals surface area contributed by atoms with E-state index in [0.29, 0.717) is 5.92 Å². The van der Waals surface area contributed by atoms with Crippen LogP contribution in [0, 0.1) is 12.8 Å². The number of nitrogens with zero attached hydrogens (tertiary/aromatic N) is 1. The second-order valence-electron chi connectivity index (χ2n) is 8.40. The zero-order valence-electron chi connectivity index (χ0n) is 16.3. The zero-order chi connectivity index (χ0) is 18.1. The molecule has 26 heavy (non-hydrogen) atoms. The van der Waals surface area contributed by atoms with E-state index >= 15 is 0 Å². The van der Waals surface area contributed by atoms with Crippen LogP contribution in [0.3, 0.4) is 0 Å². The van der Waals surface area contributed by atoms with E-state index in [1.165, 1.54) is 53.3 Å². The minimum absolute atomic E-state index is 0.639. The van der Waals surface area contributed by atoms with Crippen molar-refractivity contribution < 1.29 is 0 Å². The molecule has 1 saturated carbocycles. The summed E-state index contributed by atoms with van der Waals surface area (Å²) >= 11 is 0. The van der Waals surface area contributed by atoms with E-state index in [9.17, 15) is 0 Å². The molecule has 1 aliphatic carbocycles. The number of aromatic nitrogens is 1. The third kappa shape index (κ3) is 3.53. The minimum atomic E-state index is 0.639. The number of benzene rings is 2. The van der Waals surface area contributed by atoms with Crippen LogP contribution in [-0.2, 0) is 6.42 Å². The summed E-state index contributed by atoms with van der Waals surface area (Å²) in [5, 5.41) is 1.30. The van der Waals surface area contributed by atoms with Gasteiger partial charge >= 0.3 is 0 Å². The lowest BCUT2D eigenvalue weighted by molar-refractivity contribution is 0.650. The largest absolute Gasteiger partial charge is 0.248 e. The van der Waals surface area contributed by atoms with Crippen molar-refractivity contribution in [1.82, 2.24) is 4.98 Å². The van der Waals surface area contributed by atoms with Gasteiger partial charge in [0.05, 0.1) is 11.2 Å². The number of hydrogen-bond acceptors (Lipinski definition) is 1. The van der Waals surface area contributed by atoms with Gasteiger partial charge in [-0.1, -0.05) is 56.5 Å². The molecular formula is C25H29N. The Morgan fingerprint density at radius 2 is 1.77 bits per heavy atom. The first-order valence-corrected chi connectivity index (χ1v) is 10.1. The van der Waals surface area contributed by atoms with E-state index in [0.717, 1.165) is 23.5 Å². The molecule has 0 amide bonds. The number of rotatable bonds is 4. The molecule has 1 heterocycles. The summed E-state index contributed by atoms with van der Waals surface area (Å²) < 4.78 is 0. The summed E-state index contributed by atoms with van der Waals surface area (Å²) in [5.74, 6) is 1.38. The van der Waals surface area contributed by atoms with Crippen molar-refractivity contribution in [2.24, 2.45) is 5.92 Å². The van der Waals surface area contributed by atoms with Crippen LogP contribution in [0.2, 0.25) is 0 Å². The van der Waals surface area contributed by atoms with Gasteiger partial charge in [0.15, 0.2) is 0 Å². The first-order valence-electron chi connectivity index (χ1n) is 10.1. The Balaban J connectivity index is 1.83. The molecular weight excluding hydrogens is 314 g/mol. The van der Waals surface area contributed by atoms with Crippen molar-refractivity contribution in [3.8, 4) is 11.3 Å². The maximum atomic E-state index is 5.02. The Morgan fingerprint density at radius 3 is 2.54 bits per heavy atom. The van der Waals surface area contributed by atoms with Gasteiger partial charge in [-0.15, -0.1) is 0 Å². The molecule has 3 aromatic rings. The predicted octanol–water partition coefficient (Wildman–Crippen LogP) is 7.07. The topological polar surface area (TPSA) is 12.9 Å². The SMILES string of the molecule is Cc1cc(-c2cc(CC(C)C)c3ccccc3n2)cc(C2CCCC2)c1. The van der Waals surface area contributed by atoms with Crippen LogP contribution in [0.25, 0.3) is 22.2 Å². The van der Waals surface area contributed by atoms with Crippen molar-refractivity contribution in [3.05, 3.63) is 65.2 Å². The lowest BCUT2D eigenvalue weighted by atomic mass is 9.92. The van der Waals surface area contributed by atoms with Crippen LogP contribution < -0.4 is 0 Å². The molecule has 0 N–H and O–H groups in total. The van der Waals surface area contributed by atoms with E-state index in [4.69, 9.17) is 4.98 Å². The molecule has 1 nitrogen and oxygen atoms in total. The summed E-state index contributed by atoms with van der Waals surface area (Å²) in [6, 6.07) is 18.0. The Morgan fingerprint density at radius 1 is 1.00 bits per heavy atom. The fourth-order valence-electron chi connectivity index (χ4n) is 4.46. The average molecular weight is 344 g/mol. The minimum Gasteiger partial charge on any atom is -0.248 e.